The summed E-state index contributed by atoms with van der Waals surface area (Å²) in [4.78, 5) is 12.2. The van der Waals surface area contributed by atoms with Crippen LogP contribution in [0.5, 0.6) is 0 Å². The minimum Gasteiger partial charge on any atom is -0.313 e. The van der Waals surface area contributed by atoms with Crippen molar-refractivity contribution in [3.05, 3.63) is 83.2 Å². The van der Waals surface area contributed by atoms with Gasteiger partial charge in [0, 0.05) is 31.7 Å². The fourth-order valence-electron chi connectivity index (χ4n) is 2.99. The van der Waals surface area contributed by atoms with E-state index in [1.165, 1.54) is 10.2 Å². The predicted octanol–water partition coefficient (Wildman–Crippen LogP) is 1.86. The summed E-state index contributed by atoms with van der Waals surface area (Å²) in [6.07, 6.45) is 6.28. The van der Waals surface area contributed by atoms with Gasteiger partial charge in [0.2, 0.25) is 0 Å². The second-order valence-electron chi connectivity index (χ2n) is 6.04. The molecule has 1 N–H and O–H groups in total. The molecule has 0 spiro atoms. The average molecular weight is 348 g/mol. The maximum Gasteiger partial charge on any atom is 0.350 e. The summed E-state index contributed by atoms with van der Waals surface area (Å²) in [5.74, 6) is 0. The van der Waals surface area contributed by atoms with Crippen LogP contribution in [-0.2, 0) is 13.1 Å². The van der Waals surface area contributed by atoms with E-state index in [0.717, 1.165) is 25.2 Å². The molecule has 0 amide bonds. The minimum absolute atomic E-state index is 0.0929. The Morgan fingerprint density at radius 1 is 1.00 bits per heavy atom. The lowest BCUT2D eigenvalue weighted by Crippen LogP contribution is -2.24. The van der Waals surface area contributed by atoms with Crippen LogP contribution in [0.25, 0.3) is 11.3 Å². The van der Waals surface area contributed by atoms with E-state index in [1.807, 2.05) is 47.3 Å². The monoisotopic (exact) mass is 348 g/mol. The third kappa shape index (κ3) is 3.29. The number of pyridine rings is 1. The van der Waals surface area contributed by atoms with Gasteiger partial charge in [0.1, 0.15) is 0 Å². The summed E-state index contributed by atoms with van der Waals surface area (Å²) < 4.78 is 4.95. The summed E-state index contributed by atoms with van der Waals surface area (Å²) in [5.41, 5.74) is 2.84. The van der Waals surface area contributed by atoms with Crippen LogP contribution in [0.3, 0.4) is 0 Å². The molecule has 1 aromatic carbocycles. The fraction of sp³-hybridized carbons (Fsp3) is 0.211. The van der Waals surface area contributed by atoms with Crippen LogP contribution in [0.2, 0.25) is 0 Å². The lowest BCUT2D eigenvalue weighted by Gasteiger charge is -2.10. The van der Waals surface area contributed by atoms with Crippen LogP contribution >= 0.6 is 0 Å². The fourth-order valence-corrected chi connectivity index (χ4v) is 2.99. The summed E-state index contributed by atoms with van der Waals surface area (Å²) >= 11 is 0. The number of nitrogens with zero attached hydrogens (tertiary/aromatic N) is 5. The molecule has 0 radical (unpaired) electrons. The number of benzene rings is 1. The Morgan fingerprint density at radius 3 is 2.73 bits per heavy atom. The quantitative estimate of drug-likeness (QED) is 0.518. The highest BCUT2D eigenvalue weighted by Gasteiger charge is 2.06. The van der Waals surface area contributed by atoms with Crippen LogP contribution in [0.1, 0.15) is 12.0 Å². The molecule has 4 rings (SSSR count). The number of hydrogen-bond acceptors (Lipinski definition) is 4. The normalized spacial score (nSPS) is 11.2. The van der Waals surface area contributed by atoms with Crippen molar-refractivity contribution in [3.8, 4) is 5.69 Å². The van der Waals surface area contributed by atoms with Crippen molar-refractivity contribution in [2.75, 3.05) is 6.54 Å². The number of aryl methyl sites for hydroxylation is 1. The molecule has 26 heavy (non-hydrogen) atoms. The zero-order chi connectivity index (χ0) is 17.8. The molecule has 3 aromatic heterocycles. The second kappa shape index (κ2) is 7.37. The summed E-state index contributed by atoms with van der Waals surface area (Å²) in [7, 11) is 0. The van der Waals surface area contributed by atoms with Crippen LogP contribution in [-0.4, -0.2) is 30.5 Å². The number of nitrogens with one attached hydrogen (secondary N) is 1. The van der Waals surface area contributed by atoms with Gasteiger partial charge in [-0.1, -0.05) is 24.3 Å². The maximum atomic E-state index is 12.2. The first-order valence-corrected chi connectivity index (χ1v) is 8.66. The predicted molar refractivity (Wildman–Crippen MR) is 99.3 cm³/mol. The highest BCUT2D eigenvalue weighted by molar-refractivity contribution is 5.40. The Morgan fingerprint density at radius 2 is 1.88 bits per heavy atom. The molecule has 4 aromatic rings. The van der Waals surface area contributed by atoms with E-state index in [-0.39, 0.29) is 5.69 Å². The van der Waals surface area contributed by atoms with Crippen molar-refractivity contribution in [1.29, 1.82) is 0 Å². The van der Waals surface area contributed by atoms with E-state index in [4.69, 9.17) is 0 Å². The molecule has 0 aliphatic heterocycles. The molecule has 7 heteroatoms. The van der Waals surface area contributed by atoms with Crippen molar-refractivity contribution in [3.63, 3.8) is 0 Å². The van der Waals surface area contributed by atoms with Gasteiger partial charge in [0.05, 0.1) is 5.69 Å². The Labute approximate surface area is 150 Å². The van der Waals surface area contributed by atoms with Gasteiger partial charge in [0.25, 0.3) is 0 Å². The average Bonchev–Trinajstić information content (AvgIpc) is 3.31. The van der Waals surface area contributed by atoms with Crippen molar-refractivity contribution in [2.24, 2.45) is 0 Å². The van der Waals surface area contributed by atoms with Gasteiger partial charge >= 0.3 is 5.69 Å². The van der Waals surface area contributed by atoms with Gasteiger partial charge < -0.3 is 5.32 Å². The molecule has 0 unspecified atom stereocenters. The summed E-state index contributed by atoms with van der Waals surface area (Å²) in [6.45, 7) is 2.14. The lowest BCUT2D eigenvalue weighted by molar-refractivity contribution is 0.530. The van der Waals surface area contributed by atoms with Crippen LogP contribution in [0.15, 0.2) is 71.9 Å². The molecular weight excluding hydrogens is 328 g/mol. The van der Waals surface area contributed by atoms with Crippen LogP contribution in [0, 0.1) is 0 Å². The standard InChI is InChI=1S/C19H20N6O/c26-19-23-12-4-3-9-18(23)22-25(19)14-5-10-20-15-16-7-1-2-8-17(16)24-13-6-11-21-24/h1-4,6-9,11-13,20H,5,10,14-15H2. The molecule has 0 bridgehead atoms. The third-order valence-corrected chi connectivity index (χ3v) is 4.27. The number of fused-ring (bicyclic) bond motifs is 1. The van der Waals surface area contributed by atoms with E-state index >= 15 is 0 Å². The van der Waals surface area contributed by atoms with Crippen LogP contribution in [0.4, 0.5) is 0 Å². The van der Waals surface area contributed by atoms with Gasteiger partial charge in [-0.2, -0.15) is 5.10 Å². The van der Waals surface area contributed by atoms with E-state index in [2.05, 4.69) is 27.6 Å². The molecule has 0 saturated heterocycles. The van der Waals surface area contributed by atoms with Crippen molar-refractivity contribution in [2.45, 2.75) is 19.5 Å². The molecular formula is C19H20N6O. The summed E-state index contributed by atoms with van der Waals surface area (Å²) in [5, 5.41) is 12.1. The van der Waals surface area contributed by atoms with E-state index < -0.39 is 0 Å². The molecule has 0 atom stereocenters. The Balaban J connectivity index is 1.33. The SMILES string of the molecule is O=c1n(CCCNCc2ccccc2-n2cccn2)nc2ccccn12. The van der Waals surface area contributed by atoms with E-state index in [9.17, 15) is 4.79 Å². The molecule has 132 valence electrons. The Kier molecular flexibility index (Phi) is 4.61. The Bertz CT molecular complexity index is 1050. The maximum absolute atomic E-state index is 12.2. The Hall–Kier alpha value is -3.19. The zero-order valence-electron chi connectivity index (χ0n) is 14.3. The van der Waals surface area contributed by atoms with Crippen molar-refractivity contribution < 1.29 is 0 Å². The van der Waals surface area contributed by atoms with Crippen LogP contribution < -0.4 is 11.0 Å². The van der Waals surface area contributed by atoms with Gasteiger partial charge in [0.15, 0.2) is 5.65 Å². The second-order valence-corrected chi connectivity index (χ2v) is 6.04. The highest BCUT2D eigenvalue weighted by atomic mass is 16.2. The van der Waals surface area contributed by atoms with Gasteiger partial charge in [-0.05, 0) is 42.8 Å². The number of hydrogen-bond donors (Lipinski definition) is 1. The summed E-state index contributed by atoms with van der Waals surface area (Å²) in [6, 6.07) is 15.6. The van der Waals surface area contributed by atoms with Gasteiger partial charge in [-0.3, -0.25) is 4.40 Å². The highest BCUT2D eigenvalue weighted by Crippen LogP contribution is 2.13. The number of rotatable bonds is 7. The molecule has 7 nitrogen and oxygen atoms in total. The molecule has 0 fully saturated rings. The van der Waals surface area contributed by atoms with Crippen molar-refractivity contribution >= 4 is 5.65 Å². The van der Waals surface area contributed by atoms with E-state index in [1.54, 1.807) is 16.8 Å². The minimum atomic E-state index is -0.0929. The largest absolute Gasteiger partial charge is 0.350 e. The van der Waals surface area contributed by atoms with E-state index in [0.29, 0.717) is 12.2 Å². The number of para-hydroxylation sites is 1. The topological polar surface area (TPSA) is 69.2 Å². The first-order valence-electron chi connectivity index (χ1n) is 8.66. The molecule has 0 saturated carbocycles. The molecule has 3 heterocycles. The van der Waals surface area contributed by atoms with Gasteiger partial charge in [-0.25, -0.2) is 14.2 Å². The van der Waals surface area contributed by atoms with Gasteiger partial charge in [-0.15, -0.1) is 5.10 Å². The van der Waals surface area contributed by atoms with Crippen molar-refractivity contribution in [1.82, 2.24) is 29.3 Å². The number of aromatic nitrogens is 5. The lowest BCUT2D eigenvalue weighted by atomic mass is 10.2. The first kappa shape index (κ1) is 16.3. The smallest absolute Gasteiger partial charge is 0.313 e. The zero-order valence-corrected chi connectivity index (χ0v) is 14.3. The first-order chi connectivity index (χ1) is 12.8. The molecule has 0 aliphatic rings. The third-order valence-electron chi connectivity index (χ3n) is 4.27. The molecule has 0 aliphatic carbocycles.